The average molecular weight is 189 g/mol. The highest BCUT2D eigenvalue weighted by Gasteiger charge is 2.09. The summed E-state index contributed by atoms with van der Waals surface area (Å²) in [7, 11) is 1.63. The Bertz CT molecular complexity index is 434. The highest BCUT2D eigenvalue weighted by Crippen LogP contribution is 2.28. The third kappa shape index (κ3) is 1.48. The lowest BCUT2D eigenvalue weighted by atomic mass is 10.2. The van der Waals surface area contributed by atoms with E-state index in [4.69, 9.17) is 9.15 Å². The topological polar surface area (TPSA) is 35.3 Å². The number of ether oxygens (including phenoxy) is 1. The van der Waals surface area contributed by atoms with Gasteiger partial charge < -0.3 is 9.15 Å². The molecule has 0 aliphatic rings. The van der Waals surface area contributed by atoms with Gasteiger partial charge in [0, 0.05) is 0 Å². The van der Waals surface area contributed by atoms with E-state index in [0.717, 1.165) is 17.1 Å². The first-order valence-electron chi connectivity index (χ1n) is 4.37. The van der Waals surface area contributed by atoms with Crippen LogP contribution in [0.25, 0.3) is 11.5 Å². The number of hydrogen-bond acceptors (Lipinski definition) is 3. The van der Waals surface area contributed by atoms with Crippen molar-refractivity contribution in [1.29, 1.82) is 0 Å². The van der Waals surface area contributed by atoms with Gasteiger partial charge >= 0.3 is 0 Å². The van der Waals surface area contributed by atoms with E-state index in [1.54, 1.807) is 13.3 Å². The summed E-state index contributed by atoms with van der Waals surface area (Å²) < 4.78 is 10.6. The molecule has 0 aliphatic heterocycles. The first kappa shape index (κ1) is 8.81. The molecule has 0 bridgehead atoms. The second kappa shape index (κ2) is 3.54. The molecule has 14 heavy (non-hydrogen) atoms. The predicted octanol–water partition coefficient (Wildman–Crippen LogP) is 2.66. The fraction of sp³-hybridized carbons (Fsp3) is 0.182. The molecule has 0 aliphatic carbocycles. The molecule has 0 saturated heterocycles. The lowest BCUT2D eigenvalue weighted by Crippen LogP contribution is -1.86. The zero-order valence-electron chi connectivity index (χ0n) is 8.15. The van der Waals surface area contributed by atoms with Gasteiger partial charge in [-0.25, -0.2) is 4.98 Å². The van der Waals surface area contributed by atoms with Crippen LogP contribution in [0.15, 0.2) is 34.9 Å². The SMILES string of the molecule is COc1ccccc1-c1ncc(C)o1. The minimum atomic E-state index is 0.597. The van der Waals surface area contributed by atoms with E-state index in [0.29, 0.717) is 5.89 Å². The van der Waals surface area contributed by atoms with Crippen molar-refractivity contribution in [2.24, 2.45) is 0 Å². The maximum Gasteiger partial charge on any atom is 0.229 e. The fourth-order valence-corrected chi connectivity index (χ4v) is 1.30. The molecule has 0 amide bonds. The number of rotatable bonds is 2. The first-order valence-corrected chi connectivity index (χ1v) is 4.37. The summed E-state index contributed by atoms with van der Waals surface area (Å²) in [6, 6.07) is 7.65. The van der Waals surface area contributed by atoms with Crippen molar-refractivity contribution in [2.75, 3.05) is 7.11 Å². The molecule has 0 saturated carbocycles. The smallest absolute Gasteiger partial charge is 0.229 e. The molecule has 2 rings (SSSR count). The summed E-state index contributed by atoms with van der Waals surface area (Å²) in [5, 5.41) is 0. The zero-order chi connectivity index (χ0) is 9.97. The van der Waals surface area contributed by atoms with E-state index in [9.17, 15) is 0 Å². The highest BCUT2D eigenvalue weighted by atomic mass is 16.5. The normalized spacial score (nSPS) is 10.1. The van der Waals surface area contributed by atoms with Crippen molar-refractivity contribution in [1.82, 2.24) is 4.98 Å². The molecule has 0 N–H and O–H groups in total. The van der Waals surface area contributed by atoms with Gasteiger partial charge in [0.1, 0.15) is 11.5 Å². The van der Waals surface area contributed by atoms with Crippen molar-refractivity contribution in [3.63, 3.8) is 0 Å². The summed E-state index contributed by atoms with van der Waals surface area (Å²) in [4.78, 5) is 4.15. The highest BCUT2D eigenvalue weighted by molar-refractivity contribution is 5.62. The van der Waals surface area contributed by atoms with Crippen molar-refractivity contribution in [3.05, 3.63) is 36.2 Å². The average Bonchev–Trinajstić information content (AvgIpc) is 2.65. The van der Waals surface area contributed by atoms with E-state index < -0.39 is 0 Å². The van der Waals surface area contributed by atoms with Gasteiger partial charge in [-0.15, -0.1) is 0 Å². The number of methoxy groups -OCH3 is 1. The molecule has 72 valence electrons. The maximum atomic E-state index is 5.42. The van der Waals surface area contributed by atoms with E-state index >= 15 is 0 Å². The van der Waals surface area contributed by atoms with Gasteiger partial charge in [0.05, 0.1) is 18.9 Å². The monoisotopic (exact) mass is 189 g/mol. The molecule has 1 heterocycles. The second-order valence-corrected chi connectivity index (χ2v) is 2.98. The largest absolute Gasteiger partial charge is 0.496 e. The van der Waals surface area contributed by atoms with Crippen LogP contribution >= 0.6 is 0 Å². The molecule has 3 heteroatoms. The summed E-state index contributed by atoms with van der Waals surface area (Å²) >= 11 is 0. The van der Waals surface area contributed by atoms with Crippen molar-refractivity contribution in [2.45, 2.75) is 6.92 Å². The Morgan fingerprint density at radius 3 is 2.71 bits per heavy atom. The zero-order valence-corrected chi connectivity index (χ0v) is 8.15. The Morgan fingerprint density at radius 1 is 1.29 bits per heavy atom. The minimum Gasteiger partial charge on any atom is -0.496 e. The third-order valence-electron chi connectivity index (χ3n) is 1.96. The molecule has 2 aromatic rings. The van der Waals surface area contributed by atoms with Crippen molar-refractivity contribution >= 4 is 0 Å². The van der Waals surface area contributed by atoms with Crippen LogP contribution in [0.2, 0.25) is 0 Å². The van der Waals surface area contributed by atoms with E-state index in [1.165, 1.54) is 0 Å². The fourth-order valence-electron chi connectivity index (χ4n) is 1.30. The molecule has 0 unspecified atom stereocenters. The molecular weight excluding hydrogens is 178 g/mol. The Balaban J connectivity index is 2.50. The van der Waals surface area contributed by atoms with Gasteiger partial charge in [0.2, 0.25) is 5.89 Å². The summed E-state index contributed by atoms with van der Waals surface area (Å²) in [6.45, 7) is 1.87. The number of benzene rings is 1. The Kier molecular flexibility index (Phi) is 2.23. The molecule has 3 nitrogen and oxygen atoms in total. The van der Waals surface area contributed by atoms with Gasteiger partial charge in [-0.3, -0.25) is 0 Å². The van der Waals surface area contributed by atoms with Gasteiger partial charge in [-0.05, 0) is 19.1 Å². The number of nitrogens with zero attached hydrogens (tertiary/aromatic N) is 1. The molecule has 0 fully saturated rings. The van der Waals surface area contributed by atoms with Crippen LogP contribution in [0.3, 0.4) is 0 Å². The predicted molar refractivity (Wildman–Crippen MR) is 53.2 cm³/mol. The number of aryl methyl sites for hydroxylation is 1. The van der Waals surface area contributed by atoms with Crippen molar-refractivity contribution < 1.29 is 9.15 Å². The molecule has 1 aromatic carbocycles. The van der Waals surface area contributed by atoms with Crippen LogP contribution in [0.4, 0.5) is 0 Å². The van der Waals surface area contributed by atoms with Crippen LogP contribution in [-0.4, -0.2) is 12.1 Å². The van der Waals surface area contributed by atoms with Gasteiger partial charge in [-0.2, -0.15) is 0 Å². The molecule has 0 atom stereocenters. The van der Waals surface area contributed by atoms with E-state index in [-0.39, 0.29) is 0 Å². The molecule has 1 aromatic heterocycles. The lowest BCUT2D eigenvalue weighted by molar-refractivity contribution is 0.414. The van der Waals surface area contributed by atoms with Crippen LogP contribution in [-0.2, 0) is 0 Å². The summed E-state index contributed by atoms with van der Waals surface area (Å²) in [5.41, 5.74) is 0.878. The van der Waals surface area contributed by atoms with Crippen molar-refractivity contribution in [3.8, 4) is 17.2 Å². The number of oxazole rings is 1. The van der Waals surface area contributed by atoms with Crippen LogP contribution in [0.5, 0.6) is 5.75 Å². The van der Waals surface area contributed by atoms with Gasteiger partial charge in [0.15, 0.2) is 0 Å². The Morgan fingerprint density at radius 2 is 2.07 bits per heavy atom. The number of hydrogen-bond donors (Lipinski definition) is 0. The van der Waals surface area contributed by atoms with Crippen LogP contribution < -0.4 is 4.74 Å². The van der Waals surface area contributed by atoms with Crippen LogP contribution in [0.1, 0.15) is 5.76 Å². The quantitative estimate of drug-likeness (QED) is 0.728. The molecular formula is C11H11NO2. The standard InChI is InChI=1S/C11H11NO2/c1-8-7-12-11(14-8)9-5-3-4-6-10(9)13-2/h3-7H,1-2H3. The number of aromatic nitrogens is 1. The van der Waals surface area contributed by atoms with Gasteiger partial charge in [0.25, 0.3) is 0 Å². The second-order valence-electron chi connectivity index (χ2n) is 2.98. The van der Waals surface area contributed by atoms with E-state index in [2.05, 4.69) is 4.98 Å². The Hall–Kier alpha value is -1.77. The van der Waals surface area contributed by atoms with E-state index in [1.807, 2.05) is 31.2 Å². The minimum absolute atomic E-state index is 0.597. The first-order chi connectivity index (χ1) is 6.81. The Labute approximate surface area is 82.3 Å². The van der Waals surface area contributed by atoms with Crippen LogP contribution in [0, 0.1) is 6.92 Å². The summed E-state index contributed by atoms with van der Waals surface area (Å²) in [5.74, 6) is 2.17. The number of para-hydroxylation sites is 1. The lowest BCUT2D eigenvalue weighted by Gasteiger charge is -2.03. The summed E-state index contributed by atoms with van der Waals surface area (Å²) in [6.07, 6.45) is 1.70. The maximum absolute atomic E-state index is 5.42. The molecule has 0 radical (unpaired) electrons. The van der Waals surface area contributed by atoms with Gasteiger partial charge in [-0.1, -0.05) is 12.1 Å². The molecule has 0 spiro atoms. The third-order valence-corrected chi connectivity index (χ3v) is 1.96.